The van der Waals surface area contributed by atoms with E-state index in [0.29, 0.717) is 30.3 Å². The standard InChI is InChI=1S/C16H20F2O.C13H18O3.C3H8O.2C2H6.C2H4/c1-6-12(4)19-15(7-2)14-9-8-13(10-11(14)3)16(5,17)18;1-4-10-6-5-7-11(8-10)16-12(9(2)3)13(14)15;1-2-3-4;3*1-2/h7-10H,4,6H2,1-3,5H3;5-9,12H,4H2,1-3H3,(H,14,15);4H,2-3H2,1H3;2*1-2H3;1-2H2/b15-7+;;;;;. The fourth-order valence-corrected chi connectivity index (χ4v) is 3.17. The summed E-state index contributed by atoms with van der Waals surface area (Å²) in [6.45, 7) is 32.3. The van der Waals surface area contributed by atoms with Gasteiger partial charge in [-0.05, 0) is 62.1 Å². The molecule has 258 valence electrons. The van der Waals surface area contributed by atoms with Gasteiger partial charge in [-0.15, -0.1) is 13.2 Å². The number of aryl methyl sites for hydroxylation is 2. The molecule has 0 aromatic heterocycles. The molecule has 45 heavy (non-hydrogen) atoms. The van der Waals surface area contributed by atoms with Gasteiger partial charge in [0.15, 0.2) is 6.10 Å². The van der Waals surface area contributed by atoms with E-state index in [0.717, 1.165) is 36.5 Å². The average Bonchev–Trinajstić information content (AvgIpc) is 3.05. The van der Waals surface area contributed by atoms with Crippen LogP contribution < -0.4 is 4.74 Å². The molecule has 0 fully saturated rings. The first-order valence-corrected chi connectivity index (χ1v) is 15.9. The largest absolute Gasteiger partial charge is 0.478 e. The summed E-state index contributed by atoms with van der Waals surface area (Å²) in [7, 11) is 0. The van der Waals surface area contributed by atoms with Crippen LogP contribution in [0.1, 0.15) is 111 Å². The maximum Gasteiger partial charge on any atom is 0.345 e. The number of allylic oxidation sites excluding steroid dienone is 2. The van der Waals surface area contributed by atoms with E-state index in [9.17, 15) is 13.6 Å². The van der Waals surface area contributed by atoms with Gasteiger partial charge in [0.25, 0.3) is 5.92 Å². The minimum atomic E-state index is -2.83. The SMILES string of the molecule is C=C.C=C(CC)O/C(=C/C)c1ccc(C(C)(F)F)cc1C.CC.CC.CCCO.CCc1cccc(OC(C(=O)O)C(C)C)c1. The zero-order valence-corrected chi connectivity index (χ0v) is 30.1. The topological polar surface area (TPSA) is 76.0 Å². The number of carboxylic acids is 1. The Bertz CT molecular complexity index is 1070. The van der Waals surface area contributed by atoms with Crippen molar-refractivity contribution in [2.75, 3.05) is 6.61 Å². The van der Waals surface area contributed by atoms with E-state index in [1.165, 1.54) is 12.1 Å². The smallest absolute Gasteiger partial charge is 0.345 e. The molecule has 2 N–H and O–H groups in total. The van der Waals surface area contributed by atoms with Gasteiger partial charge in [-0.2, -0.15) is 0 Å². The van der Waals surface area contributed by atoms with Gasteiger partial charge in [0, 0.05) is 37.0 Å². The second kappa shape index (κ2) is 29.3. The lowest BCUT2D eigenvalue weighted by atomic mass is 10.0. The first-order chi connectivity index (χ1) is 21.2. The normalized spacial score (nSPS) is 10.7. The van der Waals surface area contributed by atoms with Crippen LogP contribution in [0.5, 0.6) is 5.75 Å². The van der Waals surface area contributed by atoms with E-state index < -0.39 is 18.0 Å². The second-order valence-corrected chi connectivity index (χ2v) is 9.41. The van der Waals surface area contributed by atoms with Crippen LogP contribution in [-0.4, -0.2) is 28.9 Å². The van der Waals surface area contributed by atoms with Crippen molar-refractivity contribution < 1.29 is 33.3 Å². The number of carbonyl (C=O) groups is 1. The molecule has 1 unspecified atom stereocenters. The molecule has 0 aliphatic heterocycles. The van der Waals surface area contributed by atoms with Crippen LogP contribution >= 0.6 is 0 Å². The molecule has 0 aliphatic rings. The number of aliphatic carboxylic acids is 1. The summed E-state index contributed by atoms with van der Waals surface area (Å²) in [6.07, 6.45) is 3.53. The lowest BCUT2D eigenvalue weighted by Crippen LogP contribution is -2.32. The summed E-state index contributed by atoms with van der Waals surface area (Å²) in [5, 5.41) is 16.9. The van der Waals surface area contributed by atoms with Crippen molar-refractivity contribution in [3.63, 3.8) is 0 Å². The number of rotatable bonds is 11. The molecule has 0 amide bonds. The predicted octanol–water partition coefficient (Wildman–Crippen LogP) is 11.4. The van der Waals surface area contributed by atoms with Crippen molar-refractivity contribution in [1.29, 1.82) is 0 Å². The molecule has 0 bridgehead atoms. The van der Waals surface area contributed by atoms with Crippen molar-refractivity contribution in [1.82, 2.24) is 0 Å². The molecule has 0 aliphatic carbocycles. The number of alkyl halides is 2. The van der Waals surface area contributed by atoms with E-state index in [2.05, 4.69) is 26.7 Å². The van der Waals surface area contributed by atoms with Gasteiger partial charge in [-0.1, -0.05) is 93.2 Å². The second-order valence-electron chi connectivity index (χ2n) is 9.41. The maximum absolute atomic E-state index is 13.3. The molecule has 2 aromatic carbocycles. The van der Waals surface area contributed by atoms with E-state index in [1.54, 1.807) is 19.1 Å². The van der Waals surface area contributed by atoms with Gasteiger partial charge in [0.05, 0.1) is 5.76 Å². The zero-order valence-electron chi connectivity index (χ0n) is 30.1. The number of hydrogen-bond acceptors (Lipinski definition) is 4. The number of carboxylic acid groups (broad SMARTS) is 1. The van der Waals surface area contributed by atoms with Gasteiger partial charge in [-0.25, -0.2) is 13.6 Å². The van der Waals surface area contributed by atoms with Crippen LogP contribution in [-0.2, 0) is 21.9 Å². The average molecular weight is 637 g/mol. The number of halogens is 2. The van der Waals surface area contributed by atoms with Crippen molar-refractivity contribution in [2.24, 2.45) is 5.92 Å². The molecule has 2 aromatic rings. The van der Waals surface area contributed by atoms with Crippen molar-refractivity contribution in [2.45, 2.75) is 114 Å². The number of benzene rings is 2. The van der Waals surface area contributed by atoms with Crippen LogP contribution in [0.15, 0.2) is 74.0 Å². The highest BCUT2D eigenvalue weighted by Crippen LogP contribution is 2.31. The van der Waals surface area contributed by atoms with E-state index in [1.807, 2.05) is 86.6 Å². The van der Waals surface area contributed by atoms with Crippen LogP contribution in [0.3, 0.4) is 0 Å². The first kappa shape index (κ1) is 48.5. The third-order valence-corrected chi connectivity index (χ3v) is 5.55. The molecule has 0 saturated carbocycles. The number of aliphatic hydroxyl groups excluding tert-OH is 1. The molecular weight excluding hydrogens is 574 g/mol. The Morgan fingerprint density at radius 1 is 1.02 bits per heavy atom. The summed E-state index contributed by atoms with van der Waals surface area (Å²) in [5.74, 6) is -1.87. The molecular formula is C38H62F2O5. The lowest BCUT2D eigenvalue weighted by Gasteiger charge is -2.18. The Kier molecular flexibility index (Phi) is 31.5. The molecule has 0 saturated heterocycles. The van der Waals surface area contributed by atoms with E-state index in [4.69, 9.17) is 19.7 Å². The van der Waals surface area contributed by atoms with E-state index in [-0.39, 0.29) is 11.5 Å². The van der Waals surface area contributed by atoms with Crippen molar-refractivity contribution >= 4 is 11.7 Å². The molecule has 5 nitrogen and oxygen atoms in total. The third-order valence-electron chi connectivity index (χ3n) is 5.55. The van der Waals surface area contributed by atoms with Crippen LogP contribution in [0.2, 0.25) is 0 Å². The summed E-state index contributed by atoms with van der Waals surface area (Å²) < 4.78 is 37.6. The maximum atomic E-state index is 13.3. The molecule has 0 radical (unpaired) electrons. The van der Waals surface area contributed by atoms with Crippen molar-refractivity contribution in [3.8, 4) is 5.75 Å². The van der Waals surface area contributed by atoms with E-state index >= 15 is 0 Å². The molecule has 2 rings (SSSR count). The fourth-order valence-electron chi connectivity index (χ4n) is 3.17. The molecule has 7 heteroatoms. The monoisotopic (exact) mass is 636 g/mol. The third kappa shape index (κ3) is 21.8. The summed E-state index contributed by atoms with van der Waals surface area (Å²) in [4.78, 5) is 11.0. The molecule has 1 atom stereocenters. The summed E-state index contributed by atoms with van der Waals surface area (Å²) >= 11 is 0. The van der Waals surface area contributed by atoms with Gasteiger partial charge in [-0.3, -0.25) is 0 Å². The van der Waals surface area contributed by atoms with Gasteiger partial charge < -0.3 is 19.7 Å². The van der Waals surface area contributed by atoms with Crippen LogP contribution in [0.25, 0.3) is 5.76 Å². The molecule has 0 heterocycles. The Morgan fingerprint density at radius 2 is 1.56 bits per heavy atom. The van der Waals surface area contributed by atoms with Gasteiger partial charge in [0.1, 0.15) is 11.5 Å². The Morgan fingerprint density at radius 3 is 1.91 bits per heavy atom. The summed E-state index contributed by atoms with van der Waals surface area (Å²) in [5.41, 5.74) is 2.73. The highest BCUT2D eigenvalue weighted by atomic mass is 19.3. The fraction of sp³-hybridized carbons (Fsp3) is 0.500. The van der Waals surface area contributed by atoms with Crippen LogP contribution in [0.4, 0.5) is 8.78 Å². The molecule has 0 spiro atoms. The minimum Gasteiger partial charge on any atom is -0.478 e. The Hall–Kier alpha value is -3.45. The Labute approximate surface area is 273 Å². The van der Waals surface area contributed by atoms with Crippen LogP contribution in [0, 0.1) is 12.8 Å². The minimum absolute atomic E-state index is 0.0125. The quantitative estimate of drug-likeness (QED) is 0.190. The Balaban J connectivity index is -0.000000292. The number of aliphatic hydroxyl groups is 1. The first-order valence-electron chi connectivity index (χ1n) is 15.9. The number of hydrogen-bond donors (Lipinski definition) is 2. The van der Waals surface area contributed by atoms with Gasteiger partial charge in [0.2, 0.25) is 0 Å². The predicted molar refractivity (Wildman–Crippen MR) is 189 cm³/mol. The highest BCUT2D eigenvalue weighted by Gasteiger charge is 2.25. The summed E-state index contributed by atoms with van der Waals surface area (Å²) in [6, 6.07) is 12.2. The highest BCUT2D eigenvalue weighted by molar-refractivity contribution is 5.73. The zero-order chi connectivity index (χ0) is 36.2. The van der Waals surface area contributed by atoms with Crippen molar-refractivity contribution in [3.05, 3.63) is 96.3 Å². The number of ether oxygens (including phenoxy) is 2. The lowest BCUT2D eigenvalue weighted by molar-refractivity contribution is -0.147. The van der Waals surface area contributed by atoms with Gasteiger partial charge >= 0.3 is 5.97 Å².